The first-order valence-electron chi connectivity index (χ1n) is 8.34. The van der Waals surface area contributed by atoms with Crippen LogP contribution in [0.15, 0.2) is 24.3 Å². The fraction of sp³-hybridized carbons (Fsp3) is 0.667. The molecule has 0 aliphatic carbocycles. The van der Waals surface area contributed by atoms with Crippen LogP contribution in [-0.2, 0) is 4.74 Å². The van der Waals surface area contributed by atoms with Crippen LogP contribution >= 0.6 is 0 Å². The van der Waals surface area contributed by atoms with Gasteiger partial charge in [0.2, 0.25) is 0 Å². The van der Waals surface area contributed by atoms with Gasteiger partial charge in [-0.05, 0) is 43.5 Å². The first kappa shape index (κ1) is 18.1. The number of hydrogen-bond acceptors (Lipinski definition) is 2. The quantitative estimate of drug-likeness (QED) is 0.556. The third kappa shape index (κ3) is 8.18. The average Bonchev–Trinajstić information content (AvgIpc) is 2.50. The van der Waals surface area contributed by atoms with Gasteiger partial charge in [-0.15, -0.1) is 0 Å². The molecule has 2 nitrogen and oxygen atoms in total. The van der Waals surface area contributed by atoms with Gasteiger partial charge >= 0.3 is 0 Å². The van der Waals surface area contributed by atoms with Gasteiger partial charge in [0.1, 0.15) is 5.82 Å². The molecule has 1 aromatic carbocycles. The number of unbranched alkanes of at least 4 members (excludes halogenated alkanes) is 2. The molecule has 21 heavy (non-hydrogen) atoms. The van der Waals surface area contributed by atoms with Gasteiger partial charge < -0.3 is 10.1 Å². The standard InChI is InChI=1S/C18H30FNO/c1-3-5-8-18(16-9-11-17(19)12-10-16)20-13-7-15-21-14-6-4-2/h9-12,18,20H,3-8,13-15H2,1-2H3. The average molecular weight is 295 g/mol. The SMILES string of the molecule is CCCCOCCCNC(CCCC)c1ccc(F)cc1. The van der Waals surface area contributed by atoms with E-state index in [4.69, 9.17) is 4.74 Å². The Morgan fingerprint density at radius 2 is 1.67 bits per heavy atom. The topological polar surface area (TPSA) is 21.3 Å². The first-order valence-corrected chi connectivity index (χ1v) is 8.34. The molecular weight excluding hydrogens is 265 g/mol. The van der Waals surface area contributed by atoms with Gasteiger partial charge in [0, 0.05) is 19.3 Å². The van der Waals surface area contributed by atoms with Crippen molar-refractivity contribution in [2.75, 3.05) is 19.8 Å². The van der Waals surface area contributed by atoms with Crippen LogP contribution in [0, 0.1) is 5.82 Å². The van der Waals surface area contributed by atoms with Crippen molar-refractivity contribution in [1.29, 1.82) is 0 Å². The summed E-state index contributed by atoms with van der Waals surface area (Å²) in [4.78, 5) is 0. The number of nitrogens with one attached hydrogen (secondary N) is 1. The van der Waals surface area contributed by atoms with E-state index in [2.05, 4.69) is 19.2 Å². The minimum atomic E-state index is -0.169. The second-order valence-corrected chi connectivity index (χ2v) is 5.52. The molecule has 0 aliphatic heterocycles. The van der Waals surface area contributed by atoms with E-state index in [1.165, 1.54) is 24.8 Å². The van der Waals surface area contributed by atoms with Gasteiger partial charge in [0.05, 0.1) is 0 Å². The lowest BCUT2D eigenvalue weighted by molar-refractivity contribution is 0.128. The van der Waals surface area contributed by atoms with Crippen LogP contribution in [0.3, 0.4) is 0 Å². The number of benzene rings is 1. The van der Waals surface area contributed by atoms with Crippen LogP contribution in [0.2, 0.25) is 0 Å². The minimum Gasteiger partial charge on any atom is -0.381 e. The maximum atomic E-state index is 13.0. The van der Waals surface area contributed by atoms with Crippen LogP contribution in [0.4, 0.5) is 4.39 Å². The molecule has 1 atom stereocenters. The molecule has 0 fully saturated rings. The molecule has 120 valence electrons. The Balaban J connectivity index is 2.31. The van der Waals surface area contributed by atoms with Crippen molar-refractivity contribution >= 4 is 0 Å². The zero-order valence-corrected chi connectivity index (χ0v) is 13.5. The van der Waals surface area contributed by atoms with Gasteiger partial charge in [0.15, 0.2) is 0 Å². The van der Waals surface area contributed by atoms with Gasteiger partial charge in [0.25, 0.3) is 0 Å². The van der Waals surface area contributed by atoms with E-state index in [1.807, 2.05) is 12.1 Å². The molecule has 0 spiro atoms. The van der Waals surface area contributed by atoms with Crippen LogP contribution in [-0.4, -0.2) is 19.8 Å². The van der Waals surface area contributed by atoms with Crippen molar-refractivity contribution in [2.45, 2.75) is 58.4 Å². The van der Waals surface area contributed by atoms with E-state index >= 15 is 0 Å². The second kappa shape index (κ2) is 11.7. The largest absolute Gasteiger partial charge is 0.381 e. The summed E-state index contributed by atoms with van der Waals surface area (Å²) in [5.41, 5.74) is 1.18. The highest BCUT2D eigenvalue weighted by atomic mass is 19.1. The predicted molar refractivity (Wildman–Crippen MR) is 87.0 cm³/mol. The molecule has 0 aromatic heterocycles. The van der Waals surface area contributed by atoms with Crippen molar-refractivity contribution in [2.24, 2.45) is 0 Å². The highest BCUT2D eigenvalue weighted by Crippen LogP contribution is 2.19. The monoisotopic (exact) mass is 295 g/mol. The van der Waals surface area contributed by atoms with Gasteiger partial charge in [-0.2, -0.15) is 0 Å². The molecule has 0 saturated heterocycles. The van der Waals surface area contributed by atoms with E-state index < -0.39 is 0 Å². The number of ether oxygens (including phenoxy) is 1. The summed E-state index contributed by atoms with van der Waals surface area (Å²) >= 11 is 0. The lowest BCUT2D eigenvalue weighted by Gasteiger charge is -2.19. The summed E-state index contributed by atoms with van der Waals surface area (Å²) in [5.74, 6) is -0.169. The molecule has 0 heterocycles. The van der Waals surface area contributed by atoms with Crippen LogP contribution in [0.25, 0.3) is 0 Å². The smallest absolute Gasteiger partial charge is 0.123 e. The summed E-state index contributed by atoms with van der Waals surface area (Å²) < 4.78 is 18.6. The van der Waals surface area contributed by atoms with Crippen LogP contribution in [0.5, 0.6) is 0 Å². The normalized spacial score (nSPS) is 12.5. The number of rotatable bonds is 12. The summed E-state index contributed by atoms with van der Waals surface area (Å²) in [7, 11) is 0. The lowest BCUT2D eigenvalue weighted by atomic mass is 10.0. The van der Waals surface area contributed by atoms with Crippen molar-refractivity contribution < 1.29 is 9.13 Å². The highest BCUT2D eigenvalue weighted by Gasteiger charge is 2.10. The maximum absolute atomic E-state index is 13.0. The maximum Gasteiger partial charge on any atom is 0.123 e. The van der Waals surface area contributed by atoms with Gasteiger partial charge in [-0.3, -0.25) is 0 Å². The van der Waals surface area contributed by atoms with E-state index in [1.54, 1.807) is 12.1 Å². The Bertz CT molecular complexity index is 353. The molecular formula is C18H30FNO. The van der Waals surface area contributed by atoms with Crippen molar-refractivity contribution in [1.82, 2.24) is 5.32 Å². The molecule has 0 amide bonds. The van der Waals surface area contributed by atoms with E-state index in [9.17, 15) is 4.39 Å². The van der Waals surface area contributed by atoms with Gasteiger partial charge in [-0.25, -0.2) is 4.39 Å². The Morgan fingerprint density at radius 3 is 2.33 bits per heavy atom. The molecule has 0 bridgehead atoms. The van der Waals surface area contributed by atoms with E-state index in [0.29, 0.717) is 6.04 Å². The van der Waals surface area contributed by atoms with Crippen LogP contribution < -0.4 is 5.32 Å². The zero-order chi connectivity index (χ0) is 15.3. The summed E-state index contributed by atoms with van der Waals surface area (Å²) in [6.45, 7) is 7.00. The number of hydrogen-bond donors (Lipinski definition) is 1. The fourth-order valence-corrected chi connectivity index (χ4v) is 2.29. The number of halogens is 1. The second-order valence-electron chi connectivity index (χ2n) is 5.52. The molecule has 0 saturated carbocycles. The molecule has 1 rings (SSSR count). The van der Waals surface area contributed by atoms with Crippen molar-refractivity contribution in [3.63, 3.8) is 0 Å². The van der Waals surface area contributed by atoms with Crippen molar-refractivity contribution in [3.05, 3.63) is 35.6 Å². The molecule has 1 N–H and O–H groups in total. The molecule has 0 aliphatic rings. The Morgan fingerprint density at radius 1 is 1.00 bits per heavy atom. The highest BCUT2D eigenvalue weighted by molar-refractivity contribution is 5.19. The third-order valence-electron chi connectivity index (χ3n) is 3.62. The van der Waals surface area contributed by atoms with E-state index in [0.717, 1.165) is 39.0 Å². The minimum absolute atomic E-state index is 0.169. The molecule has 3 heteroatoms. The summed E-state index contributed by atoms with van der Waals surface area (Å²) in [6, 6.07) is 7.19. The lowest BCUT2D eigenvalue weighted by Crippen LogP contribution is -2.23. The fourth-order valence-electron chi connectivity index (χ4n) is 2.29. The van der Waals surface area contributed by atoms with Crippen LogP contribution in [0.1, 0.15) is 64.0 Å². The zero-order valence-electron chi connectivity index (χ0n) is 13.5. The Kier molecular flexibility index (Phi) is 10.1. The van der Waals surface area contributed by atoms with Gasteiger partial charge in [-0.1, -0.05) is 45.2 Å². The first-order chi connectivity index (χ1) is 10.3. The molecule has 0 radical (unpaired) electrons. The summed E-state index contributed by atoms with van der Waals surface area (Å²) in [5, 5.41) is 3.58. The Labute approximate surface area is 129 Å². The molecule has 1 unspecified atom stereocenters. The predicted octanol–water partition coefficient (Wildman–Crippen LogP) is 4.85. The Hall–Kier alpha value is -0.930. The molecule has 1 aromatic rings. The summed E-state index contributed by atoms with van der Waals surface area (Å²) in [6.07, 6.45) is 6.80. The van der Waals surface area contributed by atoms with Crippen molar-refractivity contribution in [3.8, 4) is 0 Å². The van der Waals surface area contributed by atoms with E-state index in [-0.39, 0.29) is 5.82 Å². The third-order valence-corrected chi connectivity index (χ3v) is 3.62.